The van der Waals surface area contributed by atoms with Gasteiger partial charge in [-0.25, -0.2) is 0 Å². The average Bonchev–Trinajstić information content (AvgIpc) is 2.30. The van der Waals surface area contributed by atoms with Crippen LogP contribution in [-0.2, 0) is 0 Å². The molecule has 1 fully saturated rings. The van der Waals surface area contributed by atoms with Crippen LogP contribution in [-0.4, -0.2) is 48.3 Å². The summed E-state index contributed by atoms with van der Waals surface area (Å²) in [5.41, 5.74) is 0. The molecule has 1 aliphatic carbocycles. The first-order valence-electron chi connectivity index (χ1n) is 6.76. The third-order valence-electron chi connectivity index (χ3n) is 3.94. The maximum atomic E-state index is 9.81. The zero-order valence-corrected chi connectivity index (χ0v) is 11.1. The summed E-state index contributed by atoms with van der Waals surface area (Å²) in [4.78, 5) is 2.38. The molecule has 3 heteroatoms. The SMILES string of the molecule is CCC(C)N(C)CCN[C@H]1CCCC[C@@H]1O. The van der Waals surface area contributed by atoms with Gasteiger partial charge in [-0.2, -0.15) is 0 Å². The van der Waals surface area contributed by atoms with Crippen molar-refractivity contribution >= 4 is 0 Å². The summed E-state index contributed by atoms with van der Waals surface area (Å²) in [5.74, 6) is 0. The minimum absolute atomic E-state index is 0.123. The van der Waals surface area contributed by atoms with Crippen LogP contribution in [0.2, 0.25) is 0 Å². The maximum Gasteiger partial charge on any atom is 0.0693 e. The molecule has 96 valence electrons. The van der Waals surface area contributed by atoms with Gasteiger partial charge in [0.05, 0.1) is 6.10 Å². The summed E-state index contributed by atoms with van der Waals surface area (Å²) in [5, 5.41) is 13.3. The highest BCUT2D eigenvalue weighted by Crippen LogP contribution is 2.18. The molecule has 2 N–H and O–H groups in total. The minimum Gasteiger partial charge on any atom is -0.392 e. The van der Waals surface area contributed by atoms with Gasteiger partial charge in [0.15, 0.2) is 0 Å². The molecule has 3 atom stereocenters. The van der Waals surface area contributed by atoms with Gasteiger partial charge in [0, 0.05) is 25.2 Å². The lowest BCUT2D eigenvalue weighted by molar-refractivity contribution is 0.0890. The largest absolute Gasteiger partial charge is 0.392 e. The van der Waals surface area contributed by atoms with E-state index >= 15 is 0 Å². The Morgan fingerprint density at radius 2 is 2.06 bits per heavy atom. The van der Waals surface area contributed by atoms with Gasteiger partial charge in [-0.05, 0) is 33.2 Å². The molecule has 1 aliphatic rings. The third-order valence-corrected chi connectivity index (χ3v) is 3.94. The smallest absolute Gasteiger partial charge is 0.0693 e. The van der Waals surface area contributed by atoms with Crippen molar-refractivity contribution in [1.29, 1.82) is 0 Å². The molecule has 0 aromatic carbocycles. The molecule has 0 bridgehead atoms. The maximum absolute atomic E-state index is 9.81. The van der Waals surface area contributed by atoms with Crippen LogP contribution in [0.25, 0.3) is 0 Å². The summed E-state index contributed by atoms with van der Waals surface area (Å²) in [7, 11) is 2.17. The number of nitrogens with one attached hydrogen (secondary N) is 1. The first-order chi connectivity index (χ1) is 7.65. The zero-order chi connectivity index (χ0) is 12.0. The van der Waals surface area contributed by atoms with E-state index in [-0.39, 0.29) is 6.10 Å². The standard InChI is InChI=1S/C13H28N2O/c1-4-11(2)15(3)10-9-14-12-7-5-6-8-13(12)16/h11-14,16H,4-10H2,1-3H3/t11?,12-,13-/m0/s1. The number of hydrogen-bond donors (Lipinski definition) is 2. The predicted molar refractivity (Wildman–Crippen MR) is 68.6 cm³/mol. The fourth-order valence-corrected chi connectivity index (χ4v) is 2.31. The Balaban J connectivity index is 2.14. The number of likely N-dealkylation sites (N-methyl/N-ethyl adjacent to an activating group) is 1. The fraction of sp³-hybridized carbons (Fsp3) is 1.00. The second-order valence-corrected chi connectivity index (χ2v) is 5.15. The Morgan fingerprint density at radius 1 is 1.38 bits per heavy atom. The van der Waals surface area contributed by atoms with Crippen LogP contribution in [0.5, 0.6) is 0 Å². The van der Waals surface area contributed by atoms with E-state index in [1.807, 2.05) is 0 Å². The Hall–Kier alpha value is -0.120. The van der Waals surface area contributed by atoms with E-state index in [1.54, 1.807) is 0 Å². The van der Waals surface area contributed by atoms with Crippen molar-refractivity contribution in [2.24, 2.45) is 0 Å². The third kappa shape index (κ3) is 4.40. The van der Waals surface area contributed by atoms with Gasteiger partial charge in [-0.3, -0.25) is 0 Å². The summed E-state index contributed by atoms with van der Waals surface area (Å²) in [6.07, 6.45) is 5.63. The molecule has 1 rings (SSSR count). The molecule has 0 spiro atoms. The van der Waals surface area contributed by atoms with Gasteiger partial charge < -0.3 is 15.3 Å². The van der Waals surface area contributed by atoms with E-state index in [0.717, 1.165) is 25.9 Å². The topological polar surface area (TPSA) is 35.5 Å². The lowest BCUT2D eigenvalue weighted by Crippen LogP contribution is -2.45. The molecule has 0 aliphatic heterocycles. The van der Waals surface area contributed by atoms with Gasteiger partial charge in [0.2, 0.25) is 0 Å². The van der Waals surface area contributed by atoms with E-state index in [9.17, 15) is 5.11 Å². The molecule has 3 nitrogen and oxygen atoms in total. The second kappa shape index (κ2) is 7.25. The quantitative estimate of drug-likeness (QED) is 0.725. The first-order valence-corrected chi connectivity index (χ1v) is 6.76. The number of hydrogen-bond acceptors (Lipinski definition) is 3. The molecule has 0 heterocycles. The number of rotatable bonds is 6. The van der Waals surface area contributed by atoms with Gasteiger partial charge in [0.1, 0.15) is 0 Å². The molecule has 0 radical (unpaired) electrons. The number of aliphatic hydroxyl groups is 1. The van der Waals surface area contributed by atoms with E-state index in [4.69, 9.17) is 0 Å². The van der Waals surface area contributed by atoms with Crippen LogP contribution in [0.15, 0.2) is 0 Å². The Morgan fingerprint density at radius 3 is 2.69 bits per heavy atom. The number of aliphatic hydroxyl groups excluding tert-OH is 1. The van der Waals surface area contributed by atoms with Crippen LogP contribution in [0.3, 0.4) is 0 Å². The lowest BCUT2D eigenvalue weighted by atomic mass is 9.93. The Bertz CT molecular complexity index is 187. The van der Waals surface area contributed by atoms with E-state index < -0.39 is 0 Å². The summed E-state index contributed by atoms with van der Waals surface area (Å²) >= 11 is 0. The van der Waals surface area contributed by atoms with Gasteiger partial charge in [0.25, 0.3) is 0 Å². The van der Waals surface area contributed by atoms with Crippen molar-refractivity contribution in [2.45, 2.75) is 64.1 Å². The Labute approximate surface area is 100 Å². The van der Waals surface area contributed by atoms with Crippen LogP contribution >= 0.6 is 0 Å². The van der Waals surface area contributed by atoms with Crippen molar-refractivity contribution < 1.29 is 5.11 Å². The van der Waals surface area contributed by atoms with Crippen molar-refractivity contribution in [3.8, 4) is 0 Å². The lowest BCUT2D eigenvalue weighted by Gasteiger charge is -2.30. The van der Waals surface area contributed by atoms with Gasteiger partial charge >= 0.3 is 0 Å². The predicted octanol–water partition coefficient (Wildman–Crippen LogP) is 1.61. The van der Waals surface area contributed by atoms with Gasteiger partial charge in [-0.1, -0.05) is 19.8 Å². The molecule has 0 aromatic rings. The van der Waals surface area contributed by atoms with Crippen molar-refractivity contribution in [1.82, 2.24) is 10.2 Å². The second-order valence-electron chi connectivity index (χ2n) is 5.15. The summed E-state index contributed by atoms with van der Waals surface area (Å²) in [6, 6.07) is 0.983. The first kappa shape index (κ1) is 13.9. The van der Waals surface area contributed by atoms with Crippen LogP contribution in [0, 0.1) is 0 Å². The van der Waals surface area contributed by atoms with Crippen LogP contribution < -0.4 is 5.32 Å². The molecule has 1 unspecified atom stereocenters. The van der Waals surface area contributed by atoms with Crippen molar-refractivity contribution in [3.05, 3.63) is 0 Å². The highest BCUT2D eigenvalue weighted by molar-refractivity contribution is 4.80. The highest BCUT2D eigenvalue weighted by atomic mass is 16.3. The normalized spacial score (nSPS) is 28.3. The monoisotopic (exact) mass is 228 g/mol. The summed E-state index contributed by atoms with van der Waals surface area (Å²) in [6.45, 7) is 6.54. The summed E-state index contributed by atoms with van der Waals surface area (Å²) < 4.78 is 0. The van der Waals surface area contributed by atoms with Crippen LogP contribution in [0.1, 0.15) is 46.0 Å². The van der Waals surface area contributed by atoms with Gasteiger partial charge in [-0.15, -0.1) is 0 Å². The minimum atomic E-state index is -0.123. The van der Waals surface area contributed by atoms with Crippen molar-refractivity contribution in [3.63, 3.8) is 0 Å². The molecule has 0 amide bonds. The highest BCUT2D eigenvalue weighted by Gasteiger charge is 2.22. The number of nitrogens with zero attached hydrogens (tertiary/aromatic N) is 1. The fourth-order valence-electron chi connectivity index (χ4n) is 2.31. The molecular formula is C13H28N2O. The Kier molecular flexibility index (Phi) is 6.32. The van der Waals surface area contributed by atoms with Crippen molar-refractivity contribution in [2.75, 3.05) is 20.1 Å². The van der Waals surface area contributed by atoms with E-state index in [2.05, 4.69) is 31.1 Å². The molecule has 0 saturated heterocycles. The van der Waals surface area contributed by atoms with E-state index in [0.29, 0.717) is 12.1 Å². The molecule has 0 aromatic heterocycles. The van der Waals surface area contributed by atoms with Crippen LogP contribution in [0.4, 0.5) is 0 Å². The zero-order valence-electron chi connectivity index (χ0n) is 11.1. The average molecular weight is 228 g/mol. The van der Waals surface area contributed by atoms with E-state index in [1.165, 1.54) is 19.3 Å². The molecule has 16 heavy (non-hydrogen) atoms. The molecule has 1 saturated carbocycles. The molecular weight excluding hydrogens is 200 g/mol.